The largest absolute Gasteiger partial charge is 0.481 e. The van der Waals surface area contributed by atoms with Crippen LogP contribution in [0.25, 0.3) is 31.6 Å². The summed E-state index contributed by atoms with van der Waals surface area (Å²) in [6, 6.07) is 24.7. The number of aliphatic imine (C=N–C) groups is 1. The molecule has 139 heavy (non-hydrogen) atoms. The Morgan fingerprint density at radius 3 is 1.06 bits per heavy atom. The number of carboxylic acids is 3. The highest BCUT2D eigenvalue weighted by molar-refractivity contribution is 7.17. The number of rotatable bonds is 52. The van der Waals surface area contributed by atoms with Crippen LogP contribution >= 0.6 is 46.1 Å². The molecule has 12 atom stereocenters. The number of fused-ring (bicyclic) bond motifs is 3. The van der Waals surface area contributed by atoms with Gasteiger partial charge in [-0.25, -0.2) is 0 Å². The smallest absolute Gasteiger partial charge is 0.303 e. The third kappa shape index (κ3) is 37.2. The third-order valence-electron chi connectivity index (χ3n) is 24.4. The molecule has 6 aromatic rings. The number of ketones is 5. The van der Waals surface area contributed by atoms with E-state index in [9.17, 15) is 101 Å². The number of likely N-dealkylation sites (tertiary alicyclic amines) is 3. The average Bonchev–Trinajstić information content (AvgIpc) is 1.58. The van der Waals surface area contributed by atoms with Crippen molar-refractivity contribution in [2.24, 2.45) is 45.7 Å². The van der Waals surface area contributed by atoms with Crippen molar-refractivity contribution < 1.29 is 111 Å². The first-order chi connectivity index (χ1) is 66.2. The number of nitrogens with one attached hydrogen (secondary N) is 6. The van der Waals surface area contributed by atoms with Crippen LogP contribution in [0.5, 0.6) is 0 Å². The number of alkyl halides is 3. The van der Waals surface area contributed by atoms with Gasteiger partial charge in [-0.05, 0) is 191 Å². The summed E-state index contributed by atoms with van der Waals surface area (Å²) < 4.78 is 0.997. The number of piperidine rings is 3. The quantitative estimate of drug-likeness (QED) is 0.00822. The predicted octanol–water partition coefficient (Wildman–Crippen LogP) is 6.65. The Morgan fingerprint density at radius 1 is 0.396 bits per heavy atom. The summed E-state index contributed by atoms with van der Waals surface area (Å²) in [6.07, 6.45) is 3.53. The lowest BCUT2D eigenvalue weighted by molar-refractivity contribution is -0.146. The summed E-state index contributed by atoms with van der Waals surface area (Å²) in [4.78, 5) is 261. The van der Waals surface area contributed by atoms with Crippen molar-refractivity contribution in [2.75, 3.05) is 43.8 Å². The molecule has 4 heterocycles. The molecule has 3 saturated heterocycles. The minimum Gasteiger partial charge on any atom is -0.481 e. The van der Waals surface area contributed by atoms with Crippen molar-refractivity contribution in [1.29, 1.82) is 0 Å². The van der Waals surface area contributed by atoms with Crippen LogP contribution in [-0.2, 0) is 115 Å². The average molecular weight is 2010 g/mol. The van der Waals surface area contributed by atoms with E-state index in [0.717, 1.165) is 48.3 Å². The minimum atomic E-state index is -1.21. The second-order valence-corrected chi connectivity index (χ2v) is 36.8. The van der Waals surface area contributed by atoms with Crippen molar-refractivity contribution in [1.82, 2.24) is 46.6 Å². The van der Waals surface area contributed by atoms with E-state index in [1.54, 1.807) is 6.92 Å². The summed E-state index contributed by atoms with van der Waals surface area (Å²) in [7, 11) is 0. The summed E-state index contributed by atoms with van der Waals surface area (Å²) in [5, 5.41) is 50.1. The highest BCUT2D eigenvalue weighted by Gasteiger charge is 2.43. The van der Waals surface area contributed by atoms with Crippen molar-refractivity contribution in [3.05, 3.63) is 131 Å². The second kappa shape index (κ2) is 57.6. The van der Waals surface area contributed by atoms with Gasteiger partial charge in [0.2, 0.25) is 70.9 Å². The fourth-order valence-electron chi connectivity index (χ4n) is 17.0. The number of primary amides is 3. The van der Waals surface area contributed by atoms with Gasteiger partial charge in [0.05, 0.1) is 24.0 Å². The van der Waals surface area contributed by atoms with E-state index in [0.29, 0.717) is 70.2 Å². The molecule has 3 fully saturated rings. The maximum atomic E-state index is 13.9. The lowest BCUT2D eigenvalue weighted by Crippen LogP contribution is -2.59. The van der Waals surface area contributed by atoms with Crippen LogP contribution in [0.15, 0.2) is 120 Å². The van der Waals surface area contributed by atoms with Gasteiger partial charge >= 0.3 is 17.9 Å². The van der Waals surface area contributed by atoms with Crippen LogP contribution in [-0.4, -0.2) is 252 Å². The van der Waals surface area contributed by atoms with Crippen LogP contribution < -0.4 is 54.8 Å². The number of nitrogens with zero attached hydrogens (tertiary/aromatic N) is 4. The van der Waals surface area contributed by atoms with Gasteiger partial charge in [0.25, 0.3) is 0 Å². The second-order valence-electron chi connectivity index (χ2n) is 35.1. The SMILES string of the molecule is CC(=O)CC[C@H](CC(=O)[C@H](Cc1ccc2ccccc2c1)NC(=O)[C@@H]1CCCCN1C(=O)[C@H](CCC(=O)O)NC(=O)CCl)C(N)=O.CC(=O)CC[C@H](CC(=O)[C@H](Cc1csc2ccccc12)NC(=O)[C@@H]1CCCCN1C(=O)[C@H](CCC(=O)O)NC(=O)CCl)C(N)=O.CC(N)=NCCC[C@H](CC(=O)[C@H](Cc1ccc2ccccc2c1)NC(=O)[C@@H]1CCCCN1C(=O)[C@H](CCC(=O)O)NC(=O)CCl)C(N)=O. The van der Waals surface area contributed by atoms with Crippen LogP contribution in [0, 0.1) is 17.8 Å². The maximum Gasteiger partial charge on any atom is 0.303 e. The molecule has 0 unspecified atom stereocenters. The molecule has 9 rings (SSSR count). The van der Waals surface area contributed by atoms with Crippen LogP contribution in [0.1, 0.15) is 192 Å². The number of carbonyl (C=O) groups is 20. The number of nitrogens with two attached hydrogens (primary N) is 4. The zero-order chi connectivity index (χ0) is 102. The van der Waals surface area contributed by atoms with Crippen molar-refractivity contribution >= 4 is 201 Å². The minimum absolute atomic E-state index is 0.0744. The lowest BCUT2D eigenvalue weighted by Gasteiger charge is -2.37. The van der Waals surface area contributed by atoms with E-state index in [1.807, 2.05) is 115 Å². The molecule has 0 bridgehead atoms. The Kier molecular flexibility index (Phi) is 47.0. The Balaban J connectivity index is 0.000000284. The van der Waals surface area contributed by atoms with E-state index >= 15 is 0 Å². The first kappa shape index (κ1) is 113. The number of thiophene rings is 1. The van der Waals surface area contributed by atoms with Crippen LogP contribution in [0.3, 0.4) is 0 Å². The molecule has 0 spiro atoms. The maximum absolute atomic E-state index is 13.9. The molecule has 41 heteroatoms. The van der Waals surface area contributed by atoms with Gasteiger partial charge < -0.3 is 94.4 Å². The highest BCUT2D eigenvalue weighted by Crippen LogP contribution is 2.31. The molecule has 0 aliphatic carbocycles. The Bertz CT molecular complexity index is 5440. The van der Waals surface area contributed by atoms with Crippen LogP contribution in [0.4, 0.5) is 0 Å². The Morgan fingerprint density at radius 2 is 0.727 bits per heavy atom. The topological polar surface area (TPSA) is 600 Å². The van der Waals surface area contributed by atoms with Crippen LogP contribution in [0.2, 0.25) is 0 Å². The fraction of sp³-hybridized carbons (Fsp3) is 0.500. The van der Waals surface area contributed by atoms with Gasteiger partial charge in [-0.3, -0.25) is 91.3 Å². The molecule has 3 aliphatic heterocycles. The summed E-state index contributed by atoms with van der Waals surface area (Å²) in [5.74, 6) is -16.1. The number of carboxylic acid groups (broad SMARTS) is 3. The molecule has 12 amide bonds. The van der Waals surface area contributed by atoms with E-state index in [1.165, 1.54) is 39.9 Å². The van der Waals surface area contributed by atoms with Gasteiger partial charge in [-0.1, -0.05) is 103 Å². The molecule has 5 aromatic carbocycles. The van der Waals surface area contributed by atoms with E-state index < -0.39 is 197 Å². The zero-order valence-electron chi connectivity index (χ0n) is 78.1. The van der Waals surface area contributed by atoms with Gasteiger partial charge in [-0.15, -0.1) is 46.1 Å². The number of hydrogen-bond acceptors (Lipinski definition) is 22. The molecule has 1 aromatic heterocycles. The number of benzene rings is 5. The summed E-state index contributed by atoms with van der Waals surface area (Å²) >= 11 is 18.3. The van der Waals surface area contributed by atoms with Gasteiger partial charge in [0.15, 0.2) is 17.3 Å². The van der Waals surface area contributed by atoms with Gasteiger partial charge in [0.1, 0.15) is 65.5 Å². The molecule has 37 nitrogen and oxygen atoms in total. The number of halogens is 3. The summed E-state index contributed by atoms with van der Waals surface area (Å²) in [5.41, 5.74) is 24.7. The number of hydrogen-bond donors (Lipinski definition) is 13. The van der Waals surface area contributed by atoms with Crippen molar-refractivity contribution in [3.63, 3.8) is 0 Å². The Labute approximate surface area is 823 Å². The predicted molar refractivity (Wildman–Crippen MR) is 521 cm³/mol. The molecular formula is C98H125Cl3N14O23S. The van der Waals surface area contributed by atoms with Gasteiger partial charge in [0, 0.05) is 106 Å². The normalized spacial score (nSPS) is 16.7. The number of carbonyl (C=O) groups excluding carboxylic acids is 17. The molecule has 752 valence electrons. The lowest BCUT2D eigenvalue weighted by atomic mass is 9.90. The van der Waals surface area contributed by atoms with E-state index in [-0.39, 0.29) is 146 Å². The van der Waals surface area contributed by atoms with Crippen molar-refractivity contribution in [2.45, 2.75) is 249 Å². The number of amides is 12. The first-order valence-electron chi connectivity index (χ1n) is 46.3. The van der Waals surface area contributed by atoms with Gasteiger partial charge in [-0.2, -0.15) is 0 Å². The monoisotopic (exact) mass is 2000 g/mol. The van der Waals surface area contributed by atoms with E-state index in [2.05, 4.69) is 36.9 Å². The third-order valence-corrected chi connectivity index (χ3v) is 26.1. The number of aliphatic carboxylic acids is 3. The van der Waals surface area contributed by atoms with E-state index in [4.69, 9.17) is 68.0 Å². The zero-order valence-corrected chi connectivity index (χ0v) is 81.2. The molecule has 17 N–H and O–H groups in total. The molecule has 0 saturated carbocycles. The number of amidine groups is 1. The molecule has 3 aliphatic rings. The fourth-order valence-corrected chi connectivity index (χ4v) is 18.2. The standard InChI is InChI=1S/C34H45ClN6O7.C33H41ClN4O8.C31H39ClN4O8S/c1-21(36)38-15-6-9-25(32(37)46)19-29(42)27(18-22-11-12-23-7-2-3-8-24(23)17-22)40-33(47)28-10-4-5-16-41(28)34(48)26(13-14-31(44)45)39-30(43)20-35;1-20(39)9-11-24(31(35)44)18-28(40)26(17-21-10-12-22-6-2-3-7-23(22)16-21)37-32(45)27-8-4-5-15-38(27)33(46)25(13-14-30(42)43)36-29(41)19-34;1-18(37)9-10-19(29(33)42)15-25(38)23(14-20-17-45-26-8-3-2-6-21(20)26)35-30(43)24-7-4-5-13-36(24)31(44)22(11-12-28(40)41)34-27(39)16-32/h2-3,7-8,11-12,17,25-28H,4-6,9-10,13-16,18-20H2,1H3,(H2,36,38)(H2,37,46)(H,39,43)(H,40,47)(H,44,45);2-3,6-7,10,12,16,24-27H,4-5,8-9,11,13-15,17-19H2,1H3,(H2,35,44)(H,36,41)(H,37,45)(H,42,43);2-3,6,8,17,19,22-24H,4-5,7,9-16H2,1H3,(H2,33,42)(H,34,39)(H,35,43)(H,40,41)/t25-,26+,27+,28+;24-,25+,26+,27+;19-,22+,23+,24+/m111/s1. The number of Topliss-reactive ketones (excluding diaryl/α,β-unsaturated/α-hetero) is 5. The summed E-state index contributed by atoms with van der Waals surface area (Å²) in [6.45, 7) is 5.39. The molecular weight excluding hydrogens is 1880 g/mol. The van der Waals surface area contributed by atoms with Crippen molar-refractivity contribution in [3.8, 4) is 0 Å². The first-order valence-corrected chi connectivity index (χ1v) is 48.8. The Hall–Kier alpha value is -12.7. The molecule has 0 radical (unpaired) electrons. The highest BCUT2D eigenvalue weighted by atomic mass is 35.5.